The van der Waals surface area contributed by atoms with E-state index in [0.29, 0.717) is 22.8 Å². The smallest absolute Gasteiger partial charge is 0.257 e. The van der Waals surface area contributed by atoms with Crippen LogP contribution in [0, 0.1) is 6.92 Å². The van der Waals surface area contributed by atoms with Crippen molar-refractivity contribution in [1.82, 2.24) is 10.5 Å². The highest BCUT2D eigenvalue weighted by molar-refractivity contribution is 6.31. The van der Waals surface area contributed by atoms with Gasteiger partial charge in [0.2, 0.25) is 0 Å². The topological polar surface area (TPSA) is 55.1 Å². The van der Waals surface area contributed by atoms with E-state index < -0.39 is 6.04 Å². The third kappa shape index (κ3) is 4.44. The molecule has 0 bridgehead atoms. The van der Waals surface area contributed by atoms with Crippen molar-refractivity contribution < 1.29 is 9.32 Å². The molecular formula is C25H21ClN2O2. The summed E-state index contributed by atoms with van der Waals surface area (Å²) in [6.45, 7) is 2.03. The van der Waals surface area contributed by atoms with E-state index >= 15 is 0 Å². The van der Waals surface area contributed by atoms with E-state index in [1.807, 2.05) is 85.8 Å². The molecule has 0 saturated carbocycles. The number of nitrogens with one attached hydrogen (secondary N) is 1. The molecule has 0 fully saturated rings. The van der Waals surface area contributed by atoms with E-state index in [9.17, 15) is 4.79 Å². The standard InChI is InChI=1S/C25H21ClN2O2/c1-17-11-13-19(14-12-17)24(20-9-5-6-10-22(20)26)28-25(29)21-16-27-30-23(21)15-18-7-3-2-4-8-18/h2-14,16,24H,15H2,1H3,(H,28,29). The SMILES string of the molecule is Cc1ccc(C(NC(=O)c2cnoc2Cc2ccccc2)c2ccccc2Cl)cc1. The molecule has 3 aromatic carbocycles. The molecule has 0 saturated heterocycles. The van der Waals surface area contributed by atoms with Crippen LogP contribution in [-0.2, 0) is 6.42 Å². The largest absolute Gasteiger partial charge is 0.360 e. The Hall–Kier alpha value is -3.37. The van der Waals surface area contributed by atoms with E-state index in [0.717, 1.165) is 22.3 Å². The number of aryl methyl sites for hydroxylation is 1. The fourth-order valence-electron chi connectivity index (χ4n) is 3.38. The number of hydrogen-bond acceptors (Lipinski definition) is 3. The second kappa shape index (κ2) is 8.97. The van der Waals surface area contributed by atoms with Gasteiger partial charge in [0, 0.05) is 11.4 Å². The monoisotopic (exact) mass is 416 g/mol. The second-order valence-corrected chi connectivity index (χ2v) is 7.57. The minimum absolute atomic E-state index is 0.257. The van der Waals surface area contributed by atoms with Gasteiger partial charge in [0.1, 0.15) is 5.56 Å². The number of amides is 1. The summed E-state index contributed by atoms with van der Waals surface area (Å²) in [4.78, 5) is 13.2. The summed E-state index contributed by atoms with van der Waals surface area (Å²) in [5.41, 5.74) is 4.39. The molecule has 4 aromatic rings. The molecule has 0 aliphatic heterocycles. The molecule has 1 atom stereocenters. The van der Waals surface area contributed by atoms with Crippen molar-refractivity contribution in [3.8, 4) is 0 Å². The molecule has 0 aliphatic rings. The molecular weight excluding hydrogens is 396 g/mol. The lowest BCUT2D eigenvalue weighted by atomic mass is 9.97. The molecule has 1 aromatic heterocycles. The van der Waals surface area contributed by atoms with Crippen molar-refractivity contribution in [1.29, 1.82) is 0 Å². The summed E-state index contributed by atoms with van der Waals surface area (Å²) in [5.74, 6) is 0.271. The molecule has 150 valence electrons. The first-order chi connectivity index (χ1) is 14.6. The molecule has 1 N–H and O–H groups in total. The molecule has 1 unspecified atom stereocenters. The maximum absolute atomic E-state index is 13.2. The van der Waals surface area contributed by atoms with Crippen LogP contribution in [0.2, 0.25) is 5.02 Å². The van der Waals surface area contributed by atoms with Crippen molar-refractivity contribution in [3.63, 3.8) is 0 Å². The Morgan fingerprint density at radius 2 is 1.70 bits per heavy atom. The number of hydrogen-bond donors (Lipinski definition) is 1. The molecule has 5 heteroatoms. The molecule has 30 heavy (non-hydrogen) atoms. The van der Waals surface area contributed by atoms with Crippen molar-refractivity contribution in [3.05, 3.63) is 124 Å². The molecule has 0 spiro atoms. The number of nitrogens with zero attached hydrogens (tertiary/aromatic N) is 1. The van der Waals surface area contributed by atoms with Crippen LogP contribution in [0.15, 0.2) is 89.6 Å². The summed E-state index contributed by atoms with van der Waals surface area (Å²) < 4.78 is 5.39. The average molecular weight is 417 g/mol. The summed E-state index contributed by atoms with van der Waals surface area (Å²) in [5, 5.41) is 7.57. The third-order valence-corrected chi connectivity index (χ3v) is 5.34. The van der Waals surface area contributed by atoms with Crippen molar-refractivity contribution in [2.45, 2.75) is 19.4 Å². The Balaban J connectivity index is 1.64. The van der Waals surface area contributed by atoms with Crippen molar-refractivity contribution >= 4 is 17.5 Å². The quantitative estimate of drug-likeness (QED) is 0.435. The molecule has 1 amide bonds. The van der Waals surface area contributed by atoms with Crippen LogP contribution < -0.4 is 5.32 Å². The maximum Gasteiger partial charge on any atom is 0.257 e. The van der Waals surface area contributed by atoms with Crippen LogP contribution in [0.3, 0.4) is 0 Å². The minimum atomic E-state index is -0.397. The van der Waals surface area contributed by atoms with Gasteiger partial charge >= 0.3 is 0 Å². The number of rotatable bonds is 6. The normalized spacial score (nSPS) is 11.8. The van der Waals surface area contributed by atoms with Gasteiger partial charge in [0.25, 0.3) is 5.91 Å². The Kier molecular flexibility index (Phi) is 5.96. The van der Waals surface area contributed by atoms with Gasteiger partial charge in [-0.3, -0.25) is 4.79 Å². The zero-order valence-corrected chi connectivity index (χ0v) is 17.3. The fourth-order valence-corrected chi connectivity index (χ4v) is 3.62. The van der Waals surface area contributed by atoms with E-state index in [1.165, 1.54) is 6.20 Å². The Morgan fingerprint density at radius 3 is 2.43 bits per heavy atom. The number of carbonyl (C=O) groups excluding carboxylic acids is 1. The number of carbonyl (C=O) groups is 1. The summed E-state index contributed by atoms with van der Waals surface area (Å²) >= 11 is 6.46. The Labute approximate surface area is 180 Å². The highest BCUT2D eigenvalue weighted by Gasteiger charge is 2.23. The zero-order chi connectivity index (χ0) is 20.9. The van der Waals surface area contributed by atoms with Crippen LogP contribution in [0.25, 0.3) is 0 Å². The van der Waals surface area contributed by atoms with E-state index in [4.69, 9.17) is 16.1 Å². The van der Waals surface area contributed by atoms with Gasteiger partial charge in [0.15, 0.2) is 5.76 Å². The summed E-state index contributed by atoms with van der Waals surface area (Å²) in [7, 11) is 0. The van der Waals surface area contributed by atoms with Crippen molar-refractivity contribution in [2.75, 3.05) is 0 Å². The second-order valence-electron chi connectivity index (χ2n) is 7.16. The van der Waals surface area contributed by atoms with Crippen LogP contribution in [0.4, 0.5) is 0 Å². The molecule has 4 rings (SSSR count). The first-order valence-electron chi connectivity index (χ1n) is 9.71. The van der Waals surface area contributed by atoms with Gasteiger partial charge in [-0.1, -0.05) is 95.1 Å². The molecule has 4 nitrogen and oxygen atoms in total. The highest BCUT2D eigenvalue weighted by Crippen LogP contribution is 2.29. The predicted molar refractivity (Wildman–Crippen MR) is 118 cm³/mol. The van der Waals surface area contributed by atoms with Crippen LogP contribution in [-0.4, -0.2) is 11.1 Å². The van der Waals surface area contributed by atoms with Gasteiger partial charge in [-0.25, -0.2) is 0 Å². The molecule has 1 heterocycles. The fraction of sp³-hybridized carbons (Fsp3) is 0.120. The van der Waals surface area contributed by atoms with Crippen molar-refractivity contribution in [2.24, 2.45) is 0 Å². The first kappa shape index (κ1) is 19.9. The first-order valence-corrected chi connectivity index (χ1v) is 10.1. The predicted octanol–water partition coefficient (Wildman–Crippen LogP) is 5.75. The minimum Gasteiger partial charge on any atom is -0.360 e. The lowest BCUT2D eigenvalue weighted by molar-refractivity contribution is 0.0941. The van der Waals surface area contributed by atoms with E-state index in [-0.39, 0.29) is 5.91 Å². The van der Waals surface area contributed by atoms with Gasteiger partial charge in [0.05, 0.1) is 12.2 Å². The van der Waals surface area contributed by atoms with Gasteiger partial charge in [-0.05, 0) is 29.7 Å². The third-order valence-electron chi connectivity index (χ3n) is 5.00. The van der Waals surface area contributed by atoms with Crippen LogP contribution in [0.5, 0.6) is 0 Å². The highest BCUT2D eigenvalue weighted by atomic mass is 35.5. The Morgan fingerprint density at radius 1 is 1.00 bits per heavy atom. The number of halogens is 1. The summed E-state index contributed by atoms with van der Waals surface area (Å²) in [6, 6.07) is 25.0. The Bertz CT molecular complexity index is 1140. The molecule has 0 aliphatic carbocycles. The summed E-state index contributed by atoms with van der Waals surface area (Å²) in [6.07, 6.45) is 1.96. The zero-order valence-electron chi connectivity index (χ0n) is 16.5. The molecule has 0 radical (unpaired) electrons. The number of aromatic nitrogens is 1. The van der Waals surface area contributed by atoms with Gasteiger partial charge in [-0.2, -0.15) is 0 Å². The lowest BCUT2D eigenvalue weighted by Crippen LogP contribution is -2.30. The lowest BCUT2D eigenvalue weighted by Gasteiger charge is -2.21. The number of benzene rings is 3. The van der Waals surface area contributed by atoms with Gasteiger partial charge < -0.3 is 9.84 Å². The maximum atomic E-state index is 13.2. The van der Waals surface area contributed by atoms with E-state index in [2.05, 4.69) is 10.5 Å². The van der Waals surface area contributed by atoms with Crippen LogP contribution in [0.1, 0.15) is 44.4 Å². The van der Waals surface area contributed by atoms with E-state index in [1.54, 1.807) is 0 Å². The average Bonchev–Trinajstić information content (AvgIpc) is 3.22. The van der Waals surface area contributed by atoms with Gasteiger partial charge in [-0.15, -0.1) is 0 Å². The van der Waals surface area contributed by atoms with Crippen LogP contribution >= 0.6 is 11.6 Å².